The molecule has 0 atom stereocenters. The normalized spacial score (nSPS) is 11.0. The van der Waals surface area contributed by atoms with E-state index < -0.39 is 0 Å². The second kappa shape index (κ2) is 5.58. The van der Waals surface area contributed by atoms with E-state index in [1.807, 2.05) is 31.2 Å². The summed E-state index contributed by atoms with van der Waals surface area (Å²) in [7, 11) is 1.67. The van der Waals surface area contributed by atoms with E-state index in [1.54, 1.807) is 7.11 Å². The van der Waals surface area contributed by atoms with E-state index in [0.29, 0.717) is 6.54 Å². The zero-order valence-electron chi connectivity index (χ0n) is 12.3. The molecular formula is C17H19N3O. The molecule has 21 heavy (non-hydrogen) atoms. The Labute approximate surface area is 124 Å². The summed E-state index contributed by atoms with van der Waals surface area (Å²) in [5, 5.41) is 0. The van der Waals surface area contributed by atoms with Crippen molar-refractivity contribution in [3.63, 3.8) is 0 Å². The second-order valence-corrected chi connectivity index (χ2v) is 5.08. The summed E-state index contributed by atoms with van der Waals surface area (Å²) in [5.41, 5.74) is 10.2. The van der Waals surface area contributed by atoms with E-state index in [1.165, 1.54) is 5.56 Å². The highest BCUT2D eigenvalue weighted by atomic mass is 16.5. The van der Waals surface area contributed by atoms with Gasteiger partial charge in [-0.1, -0.05) is 18.2 Å². The van der Waals surface area contributed by atoms with Gasteiger partial charge in [-0.2, -0.15) is 0 Å². The van der Waals surface area contributed by atoms with Gasteiger partial charge in [0.25, 0.3) is 0 Å². The van der Waals surface area contributed by atoms with Gasteiger partial charge in [0.15, 0.2) is 0 Å². The highest BCUT2D eigenvalue weighted by Gasteiger charge is 2.09. The average molecular weight is 281 g/mol. The average Bonchev–Trinajstić information content (AvgIpc) is 2.83. The lowest BCUT2D eigenvalue weighted by Gasteiger charge is -2.11. The molecule has 1 heterocycles. The van der Waals surface area contributed by atoms with E-state index in [2.05, 4.69) is 27.8 Å². The van der Waals surface area contributed by atoms with Crippen LogP contribution < -0.4 is 10.5 Å². The zero-order valence-corrected chi connectivity index (χ0v) is 12.3. The molecule has 0 aliphatic carbocycles. The molecule has 2 N–H and O–H groups in total. The summed E-state index contributed by atoms with van der Waals surface area (Å²) < 4.78 is 7.54. The topological polar surface area (TPSA) is 53.1 Å². The van der Waals surface area contributed by atoms with Crippen molar-refractivity contribution in [3.05, 3.63) is 59.4 Å². The number of aromatic nitrogens is 2. The minimum Gasteiger partial charge on any atom is -0.496 e. The molecule has 4 heteroatoms. The first-order valence-electron chi connectivity index (χ1n) is 7.00. The predicted molar refractivity (Wildman–Crippen MR) is 84.5 cm³/mol. The molecule has 0 saturated heterocycles. The van der Waals surface area contributed by atoms with Crippen molar-refractivity contribution in [2.24, 2.45) is 5.73 Å². The van der Waals surface area contributed by atoms with Gasteiger partial charge in [0, 0.05) is 18.7 Å². The Balaban J connectivity index is 2.00. The molecule has 0 saturated carbocycles. The van der Waals surface area contributed by atoms with E-state index in [9.17, 15) is 0 Å². The Morgan fingerprint density at radius 3 is 2.76 bits per heavy atom. The van der Waals surface area contributed by atoms with Gasteiger partial charge in [-0.15, -0.1) is 0 Å². The number of benzene rings is 2. The van der Waals surface area contributed by atoms with Crippen LogP contribution in [0.2, 0.25) is 0 Å². The largest absolute Gasteiger partial charge is 0.496 e. The molecule has 4 nitrogen and oxygen atoms in total. The molecule has 1 aromatic heterocycles. The van der Waals surface area contributed by atoms with Crippen LogP contribution in [0.25, 0.3) is 11.0 Å². The third kappa shape index (κ3) is 2.50. The maximum atomic E-state index is 5.79. The third-order valence-corrected chi connectivity index (χ3v) is 3.75. The fraction of sp³-hybridized carbons (Fsp3) is 0.235. The Kier molecular flexibility index (Phi) is 3.62. The van der Waals surface area contributed by atoms with Gasteiger partial charge in [0.1, 0.15) is 11.6 Å². The van der Waals surface area contributed by atoms with Gasteiger partial charge >= 0.3 is 0 Å². The molecule has 0 amide bonds. The van der Waals surface area contributed by atoms with E-state index in [4.69, 9.17) is 10.5 Å². The van der Waals surface area contributed by atoms with Crippen LogP contribution in [0.5, 0.6) is 5.75 Å². The van der Waals surface area contributed by atoms with Gasteiger partial charge in [0.05, 0.1) is 18.1 Å². The summed E-state index contributed by atoms with van der Waals surface area (Å²) in [6.07, 6.45) is 0. The van der Waals surface area contributed by atoms with Crippen LogP contribution in [0.3, 0.4) is 0 Å². The summed E-state index contributed by atoms with van der Waals surface area (Å²) in [6, 6.07) is 14.4. The number of hydrogen-bond donors (Lipinski definition) is 1. The van der Waals surface area contributed by atoms with Crippen LogP contribution in [0.4, 0.5) is 0 Å². The number of ether oxygens (including phenoxy) is 1. The molecule has 0 aliphatic rings. The third-order valence-electron chi connectivity index (χ3n) is 3.75. The first-order valence-corrected chi connectivity index (χ1v) is 7.00. The summed E-state index contributed by atoms with van der Waals surface area (Å²) in [4.78, 5) is 4.60. The molecule has 3 aromatic rings. The first-order chi connectivity index (χ1) is 10.2. The Hall–Kier alpha value is -2.33. The van der Waals surface area contributed by atoms with E-state index in [-0.39, 0.29) is 0 Å². The van der Waals surface area contributed by atoms with Crippen LogP contribution in [0, 0.1) is 6.92 Å². The van der Waals surface area contributed by atoms with E-state index >= 15 is 0 Å². The Bertz CT molecular complexity index is 777. The minimum absolute atomic E-state index is 0.473. The number of hydrogen-bond acceptors (Lipinski definition) is 3. The molecule has 0 aliphatic heterocycles. The standard InChI is InChI=1S/C17H19N3O/c1-12-19-15-5-3-4-6-16(15)20(12)11-13-7-8-17(21-2)14(9-13)10-18/h3-9H,10-11,18H2,1-2H3. The van der Waals surface area contributed by atoms with Gasteiger partial charge in [0.2, 0.25) is 0 Å². The van der Waals surface area contributed by atoms with Crippen LogP contribution >= 0.6 is 0 Å². The molecule has 2 aromatic carbocycles. The molecule has 0 spiro atoms. The van der Waals surface area contributed by atoms with Crippen molar-refractivity contribution < 1.29 is 4.74 Å². The van der Waals surface area contributed by atoms with Crippen molar-refractivity contribution in [2.75, 3.05) is 7.11 Å². The fourth-order valence-electron chi connectivity index (χ4n) is 2.67. The monoisotopic (exact) mass is 281 g/mol. The van der Waals surface area contributed by atoms with Crippen LogP contribution in [-0.4, -0.2) is 16.7 Å². The van der Waals surface area contributed by atoms with Crippen molar-refractivity contribution in [2.45, 2.75) is 20.0 Å². The highest BCUT2D eigenvalue weighted by molar-refractivity contribution is 5.75. The van der Waals surface area contributed by atoms with Crippen LogP contribution in [-0.2, 0) is 13.1 Å². The van der Waals surface area contributed by atoms with Gasteiger partial charge in [-0.05, 0) is 36.8 Å². The van der Waals surface area contributed by atoms with Gasteiger partial charge in [-0.25, -0.2) is 4.98 Å². The molecule has 3 rings (SSSR count). The van der Waals surface area contributed by atoms with Gasteiger partial charge in [-0.3, -0.25) is 0 Å². The lowest BCUT2D eigenvalue weighted by atomic mass is 10.1. The molecule has 0 bridgehead atoms. The quantitative estimate of drug-likeness (QED) is 0.800. The van der Waals surface area contributed by atoms with Crippen molar-refractivity contribution in [1.29, 1.82) is 0 Å². The number of para-hydroxylation sites is 2. The Morgan fingerprint density at radius 2 is 2.00 bits per heavy atom. The molecule has 0 fully saturated rings. The summed E-state index contributed by atoms with van der Waals surface area (Å²) in [6.45, 7) is 3.29. The van der Waals surface area contributed by atoms with Crippen molar-refractivity contribution in [3.8, 4) is 5.75 Å². The van der Waals surface area contributed by atoms with Gasteiger partial charge < -0.3 is 15.0 Å². The lowest BCUT2D eigenvalue weighted by Crippen LogP contribution is -2.05. The minimum atomic E-state index is 0.473. The number of methoxy groups -OCH3 is 1. The lowest BCUT2D eigenvalue weighted by molar-refractivity contribution is 0.409. The fourth-order valence-corrected chi connectivity index (χ4v) is 2.67. The van der Waals surface area contributed by atoms with Crippen LogP contribution in [0.15, 0.2) is 42.5 Å². The Morgan fingerprint density at radius 1 is 1.19 bits per heavy atom. The van der Waals surface area contributed by atoms with Crippen molar-refractivity contribution >= 4 is 11.0 Å². The molecular weight excluding hydrogens is 262 g/mol. The zero-order chi connectivity index (χ0) is 14.8. The van der Waals surface area contributed by atoms with Crippen LogP contribution in [0.1, 0.15) is 17.0 Å². The number of rotatable bonds is 4. The van der Waals surface area contributed by atoms with E-state index in [0.717, 1.165) is 34.7 Å². The number of aryl methyl sites for hydroxylation is 1. The maximum Gasteiger partial charge on any atom is 0.123 e. The number of fused-ring (bicyclic) bond motifs is 1. The molecule has 108 valence electrons. The highest BCUT2D eigenvalue weighted by Crippen LogP contribution is 2.22. The second-order valence-electron chi connectivity index (χ2n) is 5.08. The maximum absolute atomic E-state index is 5.79. The number of nitrogens with two attached hydrogens (primary N) is 1. The first kappa shape index (κ1) is 13.6. The predicted octanol–water partition coefficient (Wildman–Crippen LogP) is 2.86. The summed E-state index contributed by atoms with van der Waals surface area (Å²) in [5.74, 6) is 1.86. The number of nitrogens with zero attached hydrogens (tertiary/aromatic N) is 2. The SMILES string of the molecule is COc1ccc(Cn2c(C)nc3ccccc32)cc1CN. The van der Waals surface area contributed by atoms with Crippen molar-refractivity contribution in [1.82, 2.24) is 9.55 Å². The molecule has 0 radical (unpaired) electrons. The number of imidazole rings is 1. The molecule has 0 unspecified atom stereocenters. The smallest absolute Gasteiger partial charge is 0.123 e. The summed E-state index contributed by atoms with van der Waals surface area (Å²) >= 11 is 0.